The predicted octanol–water partition coefficient (Wildman–Crippen LogP) is 0.521. The molecule has 0 radical (unpaired) electrons. The van der Waals surface area contributed by atoms with E-state index in [9.17, 15) is 9.59 Å². The summed E-state index contributed by atoms with van der Waals surface area (Å²) in [6.07, 6.45) is 6.35. The Hall–Kier alpha value is -1.14. The third kappa shape index (κ3) is 6.32. The van der Waals surface area contributed by atoms with E-state index in [1.54, 1.807) is 0 Å². The van der Waals surface area contributed by atoms with Gasteiger partial charge in [-0.15, -0.1) is 0 Å². The fraction of sp³-hybridized carbons (Fsp3) is 0.875. The van der Waals surface area contributed by atoms with Crippen LogP contribution in [0.3, 0.4) is 0 Å². The van der Waals surface area contributed by atoms with Crippen molar-refractivity contribution in [3.8, 4) is 0 Å². The van der Waals surface area contributed by atoms with Crippen molar-refractivity contribution in [2.45, 2.75) is 38.5 Å². The van der Waals surface area contributed by atoms with Gasteiger partial charge >= 0.3 is 0 Å². The minimum atomic E-state index is -0.0915. The summed E-state index contributed by atoms with van der Waals surface area (Å²) in [5.41, 5.74) is 0. The molecule has 0 unspecified atom stereocenters. The first-order valence-electron chi connectivity index (χ1n) is 8.60. The summed E-state index contributed by atoms with van der Waals surface area (Å²) in [6.45, 7) is 5.32. The van der Waals surface area contributed by atoms with Crippen molar-refractivity contribution in [3.63, 3.8) is 0 Å². The molecule has 0 bridgehead atoms. The molecule has 2 N–H and O–H groups in total. The zero-order valence-electron chi connectivity index (χ0n) is 13.4. The van der Waals surface area contributed by atoms with Crippen LogP contribution in [0.1, 0.15) is 38.5 Å². The SMILES string of the molecule is O=C(CNC(=O)C1CCCCC1)NCCCN1CCOCC1. The molecule has 0 aromatic carbocycles. The van der Waals surface area contributed by atoms with E-state index in [2.05, 4.69) is 15.5 Å². The Bertz CT molecular complexity index is 351. The van der Waals surface area contributed by atoms with Gasteiger partial charge in [0, 0.05) is 25.6 Å². The van der Waals surface area contributed by atoms with Gasteiger partial charge in [0.05, 0.1) is 19.8 Å². The van der Waals surface area contributed by atoms with Crippen LogP contribution in [0.25, 0.3) is 0 Å². The van der Waals surface area contributed by atoms with E-state index < -0.39 is 0 Å². The van der Waals surface area contributed by atoms with E-state index >= 15 is 0 Å². The normalized spacial score (nSPS) is 20.5. The molecule has 22 heavy (non-hydrogen) atoms. The van der Waals surface area contributed by atoms with Gasteiger partial charge in [0.25, 0.3) is 0 Å². The van der Waals surface area contributed by atoms with Crippen molar-refractivity contribution in [1.29, 1.82) is 0 Å². The van der Waals surface area contributed by atoms with Gasteiger partial charge in [-0.25, -0.2) is 0 Å². The highest BCUT2D eigenvalue weighted by molar-refractivity contribution is 5.85. The standard InChI is InChI=1S/C16H29N3O3/c20-15(13-18-16(21)14-5-2-1-3-6-14)17-7-4-8-19-9-11-22-12-10-19/h14H,1-13H2,(H,17,20)(H,18,21). The average Bonchev–Trinajstić information content (AvgIpc) is 2.58. The third-order valence-corrected chi connectivity index (χ3v) is 4.48. The molecule has 1 saturated carbocycles. The molecule has 0 aromatic heterocycles. The highest BCUT2D eigenvalue weighted by atomic mass is 16.5. The second-order valence-corrected chi connectivity index (χ2v) is 6.21. The number of rotatable bonds is 7. The summed E-state index contributed by atoms with van der Waals surface area (Å²) in [4.78, 5) is 26.0. The van der Waals surface area contributed by atoms with E-state index in [4.69, 9.17) is 4.74 Å². The number of nitrogens with one attached hydrogen (secondary N) is 2. The van der Waals surface area contributed by atoms with Crippen molar-refractivity contribution >= 4 is 11.8 Å². The average molecular weight is 311 g/mol. The number of ether oxygens (including phenoxy) is 1. The van der Waals surface area contributed by atoms with E-state index in [1.165, 1.54) is 6.42 Å². The lowest BCUT2D eigenvalue weighted by molar-refractivity contribution is -0.129. The molecule has 1 aliphatic carbocycles. The van der Waals surface area contributed by atoms with Gasteiger partial charge in [0.1, 0.15) is 0 Å². The largest absolute Gasteiger partial charge is 0.379 e. The summed E-state index contributed by atoms with van der Waals surface area (Å²) >= 11 is 0. The third-order valence-electron chi connectivity index (χ3n) is 4.48. The van der Waals surface area contributed by atoms with Crippen LogP contribution in [0.4, 0.5) is 0 Å². The summed E-state index contributed by atoms with van der Waals surface area (Å²) in [5, 5.41) is 5.63. The molecule has 2 rings (SSSR count). The lowest BCUT2D eigenvalue weighted by Gasteiger charge is -2.26. The van der Waals surface area contributed by atoms with Gasteiger partial charge in [-0.05, 0) is 25.8 Å². The van der Waals surface area contributed by atoms with Crippen LogP contribution in [-0.2, 0) is 14.3 Å². The molecule has 1 saturated heterocycles. The fourth-order valence-corrected chi connectivity index (χ4v) is 3.09. The first-order valence-corrected chi connectivity index (χ1v) is 8.60. The number of amides is 2. The molecule has 1 aliphatic heterocycles. The lowest BCUT2D eigenvalue weighted by atomic mass is 9.89. The summed E-state index contributed by atoms with van der Waals surface area (Å²) in [6, 6.07) is 0. The topological polar surface area (TPSA) is 70.7 Å². The molecule has 0 spiro atoms. The second-order valence-electron chi connectivity index (χ2n) is 6.21. The van der Waals surface area contributed by atoms with E-state index in [0.29, 0.717) is 6.54 Å². The van der Waals surface area contributed by atoms with Crippen LogP contribution in [0.5, 0.6) is 0 Å². The molecular weight excluding hydrogens is 282 g/mol. The number of hydrogen-bond acceptors (Lipinski definition) is 4. The van der Waals surface area contributed by atoms with Gasteiger partial charge in [0.15, 0.2) is 0 Å². The zero-order chi connectivity index (χ0) is 15.6. The first kappa shape index (κ1) is 17.2. The number of carbonyl (C=O) groups excluding carboxylic acids is 2. The number of morpholine rings is 1. The second kappa shape index (κ2) is 9.79. The van der Waals surface area contributed by atoms with Crippen LogP contribution >= 0.6 is 0 Å². The maximum Gasteiger partial charge on any atom is 0.239 e. The van der Waals surface area contributed by atoms with Gasteiger partial charge in [-0.3, -0.25) is 14.5 Å². The molecule has 2 amide bonds. The summed E-state index contributed by atoms with van der Waals surface area (Å²) in [7, 11) is 0. The Morgan fingerprint density at radius 1 is 1.05 bits per heavy atom. The van der Waals surface area contributed by atoms with Gasteiger partial charge in [0.2, 0.25) is 11.8 Å². The maximum atomic E-state index is 11.9. The van der Waals surface area contributed by atoms with Gasteiger partial charge in [-0.1, -0.05) is 19.3 Å². The first-order chi connectivity index (χ1) is 10.8. The van der Waals surface area contributed by atoms with Gasteiger partial charge in [-0.2, -0.15) is 0 Å². The quantitative estimate of drug-likeness (QED) is 0.673. The number of carbonyl (C=O) groups is 2. The molecule has 6 heteroatoms. The van der Waals surface area contributed by atoms with Crippen molar-refractivity contribution in [1.82, 2.24) is 15.5 Å². The smallest absolute Gasteiger partial charge is 0.239 e. The number of hydrogen-bond donors (Lipinski definition) is 2. The lowest BCUT2D eigenvalue weighted by Crippen LogP contribution is -2.41. The molecule has 1 heterocycles. The molecule has 0 atom stereocenters. The van der Waals surface area contributed by atoms with Crippen LogP contribution in [-0.4, -0.2) is 62.7 Å². The summed E-state index contributed by atoms with van der Waals surface area (Å²) in [5.74, 6) is 0.0668. The molecule has 0 aromatic rings. The van der Waals surface area contributed by atoms with E-state index in [1.807, 2.05) is 0 Å². The summed E-state index contributed by atoms with van der Waals surface area (Å²) < 4.78 is 5.30. The van der Waals surface area contributed by atoms with E-state index in [-0.39, 0.29) is 24.3 Å². The Morgan fingerprint density at radius 2 is 1.77 bits per heavy atom. The zero-order valence-corrected chi connectivity index (χ0v) is 13.4. The van der Waals surface area contributed by atoms with E-state index in [0.717, 1.165) is 65.0 Å². The van der Waals surface area contributed by atoms with Crippen LogP contribution < -0.4 is 10.6 Å². The maximum absolute atomic E-state index is 11.9. The monoisotopic (exact) mass is 311 g/mol. The van der Waals surface area contributed by atoms with Crippen LogP contribution in [0.2, 0.25) is 0 Å². The molecule has 6 nitrogen and oxygen atoms in total. The minimum absolute atomic E-state index is 0.0446. The molecule has 2 aliphatic rings. The Balaban J connectivity index is 1.49. The predicted molar refractivity (Wildman–Crippen MR) is 84.5 cm³/mol. The van der Waals surface area contributed by atoms with Crippen molar-refractivity contribution < 1.29 is 14.3 Å². The molecule has 126 valence electrons. The minimum Gasteiger partial charge on any atom is -0.379 e. The Morgan fingerprint density at radius 3 is 2.50 bits per heavy atom. The van der Waals surface area contributed by atoms with Gasteiger partial charge < -0.3 is 15.4 Å². The van der Waals surface area contributed by atoms with Crippen LogP contribution in [0, 0.1) is 5.92 Å². The van der Waals surface area contributed by atoms with Crippen LogP contribution in [0.15, 0.2) is 0 Å². The number of nitrogens with zero attached hydrogens (tertiary/aromatic N) is 1. The fourth-order valence-electron chi connectivity index (χ4n) is 3.09. The Kier molecular flexibility index (Phi) is 7.66. The van der Waals surface area contributed by atoms with Crippen molar-refractivity contribution in [3.05, 3.63) is 0 Å². The van der Waals surface area contributed by atoms with Crippen molar-refractivity contribution in [2.75, 3.05) is 45.9 Å². The van der Waals surface area contributed by atoms with Crippen molar-refractivity contribution in [2.24, 2.45) is 5.92 Å². The Labute approximate surface area is 132 Å². The highest BCUT2D eigenvalue weighted by Gasteiger charge is 2.21. The molecule has 2 fully saturated rings. The molecular formula is C16H29N3O3. The highest BCUT2D eigenvalue weighted by Crippen LogP contribution is 2.23.